The van der Waals surface area contributed by atoms with Gasteiger partial charge in [-0.15, -0.1) is 0 Å². The van der Waals surface area contributed by atoms with E-state index in [9.17, 15) is 9.59 Å². The van der Waals surface area contributed by atoms with E-state index in [1.807, 2.05) is 45.0 Å². The van der Waals surface area contributed by atoms with Crippen LogP contribution in [0, 0.1) is 20.8 Å². The smallest absolute Gasteiger partial charge is 0.276 e. The van der Waals surface area contributed by atoms with Crippen molar-refractivity contribution in [3.05, 3.63) is 69.8 Å². The van der Waals surface area contributed by atoms with Gasteiger partial charge in [-0.2, -0.15) is 0 Å². The van der Waals surface area contributed by atoms with Crippen molar-refractivity contribution in [2.24, 2.45) is 0 Å². The predicted molar refractivity (Wildman–Crippen MR) is 119 cm³/mol. The van der Waals surface area contributed by atoms with Crippen LogP contribution in [0.1, 0.15) is 22.3 Å². The van der Waals surface area contributed by atoms with Gasteiger partial charge in [0.1, 0.15) is 5.75 Å². The fraction of sp³-hybridized carbons (Fsp3) is 0.190. The number of nitrogens with one attached hydrogen (secondary N) is 3. The average Bonchev–Trinajstić information content (AvgIpc) is 2.68. The highest BCUT2D eigenvalue weighted by Gasteiger charge is 2.07. The molecule has 0 saturated carbocycles. The van der Waals surface area contributed by atoms with Gasteiger partial charge in [-0.1, -0.05) is 41.4 Å². The van der Waals surface area contributed by atoms with Crippen molar-refractivity contribution in [1.82, 2.24) is 16.2 Å². The van der Waals surface area contributed by atoms with Crippen LogP contribution < -0.4 is 20.9 Å². The Hall–Kier alpha value is -2.90. The molecule has 2 aromatic carbocycles. The van der Waals surface area contributed by atoms with Gasteiger partial charge in [0.15, 0.2) is 11.7 Å². The molecule has 0 spiro atoms. The van der Waals surface area contributed by atoms with Crippen molar-refractivity contribution >= 4 is 46.8 Å². The molecule has 0 aliphatic rings. The zero-order valence-corrected chi connectivity index (χ0v) is 17.9. The van der Waals surface area contributed by atoms with E-state index in [1.54, 1.807) is 18.2 Å². The average molecular weight is 432 g/mol. The number of benzene rings is 2. The number of hydrazine groups is 1. The minimum absolute atomic E-state index is 0.0323. The van der Waals surface area contributed by atoms with Gasteiger partial charge in [-0.25, -0.2) is 0 Å². The lowest BCUT2D eigenvalue weighted by Crippen LogP contribution is -2.49. The SMILES string of the molecule is Cc1ccc(C=CC(=O)NC(=S)NNC(=O)COc2cc(C)c(Cl)c(C)c2)cc1. The Morgan fingerprint density at radius 1 is 1.07 bits per heavy atom. The summed E-state index contributed by atoms with van der Waals surface area (Å²) in [7, 11) is 0. The number of aryl methyl sites for hydroxylation is 3. The number of hydrogen-bond acceptors (Lipinski definition) is 4. The summed E-state index contributed by atoms with van der Waals surface area (Å²) in [5, 5.41) is 3.07. The quantitative estimate of drug-likeness (QED) is 0.384. The second-order valence-corrected chi connectivity index (χ2v) is 7.18. The van der Waals surface area contributed by atoms with E-state index in [4.69, 9.17) is 28.6 Å². The summed E-state index contributed by atoms with van der Waals surface area (Å²) < 4.78 is 5.44. The summed E-state index contributed by atoms with van der Waals surface area (Å²) in [4.78, 5) is 23.7. The van der Waals surface area contributed by atoms with Crippen LogP contribution in [0.4, 0.5) is 0 Å². The maximum atomic E-state index is 11.9. The Labute approximate surface area is 180 Å². The molecule has 0 heterocycles. The van der Waals surface area contributed by atoms with E-state index in [2.05, 4.69) is 16.2 Å². The number of halogens is 1. The molecule has 0 atom stereocenters. The summed E-state index contributed by atoms with van der Waals surface area (Å²) in [5.41, 5.74) is 8.57. The van der Waals surface area contributed by atoms with Crippen LogP contribution in [0.2, 0.25) is 5.02 Å². The third kappa shape index (κ3) is 7.56. The van der Waals surface area contributed by atoms with E-state index < -0.39 is 11.8 Å². The maximum absolute atomic E-state index is 11.9. The normalized spacial score (nSPS) is 10.5. The molecular weight excluding hydrogens is 410 g/mol. The van der Waals surface area contributed by atoms with Crippen LogP contribution in [0.3, 0.4) is 0 Å². The van der Waals surface area contributed by atoms with Gasteiger partial charge in [0.25, 0.3) is 5.91 Å². The van der Waals surface area contributed by atoms with Crippen molar-refractivity contribution in [1.29, 1.82) is 0 Å². The van der Waals surface area contributed by atoms with Gasteiger partial charge < -0.3 is 4.74 Å². The molecule has 3 N–H and O–H groups in total. The highest BCUT2D eigenvalue weighted by Crippen LogP contribution is 2.25. The topological polar surface area (TPSA) is 79.5 Å². The van der Waals surface area contributed by atoms with Crippen LogP contribution in [0.15, 0.2) is 42.5 Å². The molecule has 29 heavy (non-hydrogen) atoms. The van der Waals surface area contributed by atoms with Crippen LogP contribution >= 0.6 is 23.8 Å². The highest BCUT2D eigenvalue weighted by molar-refractivity contribution is 7.80. The van der Waals surface area contributed by atoms with Gasteiger partial charge in [0.2, 0.25) is 5.91 Å². The highest BCUT2D eigenvalue weighted by atomic mass is 35.5. The third-order valence-corrected chi connectivity index (χ3v) is 4.64. The van der Waals surface area contributed by atoms with Gasteiger partial charge in [0, 0.05) is 11.1 Å². The number of rotatable bonds is 5. The first-order chi connectivity index (χ1) is 13.7. The Balaban J connectivity index is 1.73. The fourth-order valence-corrected chi connectivity index (χ4v) is 2.60. The largest absolute Gasteiger partial charge is 0.484 e. The molecule has 0 aliphatic heterocycles. The Morgan fingerprint density at radius 2 is 1.69 bits per heavy atom. The molecule has 0 aromatic heterocycles. The van der Waals surface area contributed by atoms with Gasteiger partial charge in [-0.3, -0.25) is 25.8 Å². The van der Waals surface area contributed by atoms with Gasteiger partial charge >= 0.3 is 0 Å². The van der Waals surface area contributed by atoms with Crippen LogP contribution in [-0.4, -0.2) is 23.5 Å². The fourth-order valence-electron chi connectivity index (χ4n) is 2.34. The molecule has 0 radical (unpaired) electrons. The summed E-state index contributed by atoms with van der Waals surface area (Å²) in [6, 6.07) is 11.2. The third-order valence-electron chi connectivity index (χ3n) is 3.84. The zero-order chi connectivity index (χ0) is 21.4. The molecular formula is C21H22ClN3O3S. The first kappa shape index (κ1) is 22.4. The van der Waals surface area contributed by atoms with E-state index in [-0.39, 0.29) is 11.7 Å². The number of carbonyl (C=O) groups excluding carboxylic acids is 2. The summed E-state index contributed by atoms with van der Waals surface area (Å²) in [5.74, 6) is -0.334. The Morgan fingerprint density at radius 3 is 2.31 bits per heavy atom. The first-order valence-corrected chi connectivity index (χ1v) is 9.57. The molecule has 0 bridgehead atoms. The van der Waals surface area contributed by atoms with Crippen LogP contribution in [0.25, 0.3) is 6.08 Å². The second-order valence-electron chi connectivity index (χ2n) is 6.40. The summed E-state index contributed by atoms with van der Waals surface area (Å²) >= 11 is 11.1. The van der Waals surface area contributed by atoms with E-state index in [0.29, 0.717) is 10.8 Å². The van der Waals surface area contributed by atoms with Crippen molar-refractivity contribution in [2.45, 2.75) is 20.8 Å². The van der Waals surface area contributed by atoms with E-state index >= 15 is 0 Å². The summed E-state index contributed by atoms with van der Waals surface area (Å²) in [6.07, 6.45) is 3.02. The Kier molecular flexibility index (Phi) is 8.18. The monoisotopic (exact) mass is 431 g/mol. The number of thiocarbonyl (C=S) groups is 1. The Bertz CT molecular complexity index is 920. The molecule has 2 aromatic rings. The van der Waals surface area contributed by atoms with Crippen molar-refractivity contribution in [3.8, 4) is 5.75 Å². The first-order valence-electron chi connectivity index (χ1n) is 8.78. The minimum atomic E-state index is -0.456. The summed E-state index contributed by atoms with van der Waals surface area (Å²) in [6.45, 7) is 5.48. The lowest BCUT2D eigenvalue weighted by atomic mass is 10.1. The molecule has 0 unspecified atom stereocenters. The van der Waals surface area contributed by atoms with Crippen LogP contribution in [0.5, 0.6) is 5.75 Å². The number of hydrogen-bond donors (Lipinski definition) is 3. The number of ether oxygens (including phenoxy) is 1. The predicted octanol–water partition coefficient (Wildman–Crippen LogP) is 3.38. The standard InChI is InChI=1S/C21H22ClN3O3S/c1-13-4-6-16(7-5-13)8-9-18(26)23-21(29)25-24-19(27)12-28-17-10-14(2)20(22)15(3)11-17/h4-11H,12H2,1-3H3,(H,24,27)(H2,23,25,26,29). The molecule has 152 valence electrons. The lowest BCUT2D eigenvalue weighted by molar-refractivity contribution is -0.123. The number of amides is 2. The molecule has 2 amide bonds. The van der Waals surface area contributed by atoms with Crippen molar-refractivity contribution in [3.63, 3.8) is 0 Å². The minimum Gasteiger partial charge on any atom is -0.484 e. The molecule has 0 fully saturated rings. The lowest BCUT2D eigenvalue weighted by Gasteiger charge is -2.12. The second kappa shape index (κ2) is 10.6. The molecule has 6 nitrogen and oxygen atoms in total. The zero-order valence-electron chi connectivity index (χ0n) is 16.3. The van der Waals surface area contributed by atoms with Crippen molar-refractivity contribution in [2.75, 3.05) is 6.61 Å². The van der Waals surface area contributed by atoms with E-state index in [1.165, 1.54) is 6.08 Å². The van der Waals surface area contributed by atoms with Gasteiger partial charge in [0.05, 0.1) is 0 Å². The van der Waals surface area contributed by atoms with Crippen molar-refractivity contribution < 1.29 is 14.3 Å². The number of carbonyl (C=O) groups is 2. The molecule has 0 aliphatic carbocycles. The molecule has 0 saturated heterocycles. The van der Waals surface area contributed by atoms with E-state index in [0.717, 1.165) is 22.3 Å². The van der Waals surface area contributed by atoms with Crippen LogP contribution in [-0.2, 0) is 9.59 Å². The molecule has 2 rings (SSSR count). The maximum Gasteiger partial charge on any atom is 0.276 e. The molecule has 8 heteroatoms. The van der Waals surface area contributed by atoms with Gasteiger partial charge in [-0.05, 0) is 67.9 Å².